The van der Waals surface area contributed by atoms with Gasteiger partial charge in [-0.2, -0.15) is 5.10 Å². The molecule has 0 aliphatic carbocycles. The van der Waals surface area contributed by atoms with Gasteiger partial charge in [0.2, 0.25) is 0 Å². The predicted octanol–water partition coefficient (Wildman–Crippen LogP) is 3.55. The van der Waals surface area contributed by atoms with Crippen molar-refractivity contribution in [2.24, 2.45) is 5.10 Å². The van der Waals surface area contributed by atoms with Gasteiger partial charge in [-0.25, -0.2) is 4.79 Å². The molecule has 0 saturated heterocycles. The number of carboxylic acid groups (broad SMARTS) is 1. The van der Waals surface area contributed by atoms with Gasteiger partial charge in [-0.3, -0.25) is 5.43 Å². The summed E-state index contributed by atoms with van der Waals surface area (Å²) < 4.78 is 5.75. The minimum absolute atomic E-state index is 0.246. The molecular formula is C20H25N3O3. The van der Waals surface area contributed by atoms with E-state index in [1.807, 2.05) is 24.3 Å². The minimum atomic E-state index is -0.945. The molecule has 138 valence electrons. The monoisotopic (exact) mass is 355 g/mol. The van der Waals surface area contributed by atoms with Crippen molar-refractivity contribution in [2.75, 3.05) is 31.7 Å². The van der Waals surface area contributed by atoms with Crippen LogP contribution in [0.15, 0.2) is 53.6 Å². The number of benzene rings is 2. The molecule has 0 bridgehead atoms. The van der Waals surface area contributed by atoms with Crippen LogP contribution in [0.25, 0.3) is 0 Å². The van der Waals surface area contributed by atoms with E-state index in [-0.39, 0.29) is 5.56 Å². The molecule has 0 fully saturated rings. The Morgan fingerprint density at radius 3 is 2.35 bits per heavy atom. The number of aromatic carboxylic acids is 1. The summed E-state index contributed by atoms with van der Waals surface area (Å²) >= 11 is 0. The number of hydrogen-bond donors (Lipinski definition) is 2. The second kappa shape index (κ2) is 10.2. The molecule has 0 amide bonds. The summed E-state index contributed by atoms with van der Waals surface area (Å²) in [4.78, 5) is 13.1. The molecule has 0 aromatic heterocycles. The number of carbonyl (C=O) groups is 1. The van der Waals surface area contributed by atoms with E-state index in [0.29, 0.717) is 6.61 Å². The number of nitrogens with one attached hydrogen (secondary N) is 1. The van der Waals surface area contributed by atoms with Crippen molar-refractivity contribution in [3.05, 3.63) is 59.7 Å². The highest BCUT2D eigenvalue weighted by molar-refractivity contribution is 5.88. The van der Waals surface area contributed by atoms with Gasteiger partial charge in [-0.05, 0) is 67.2 Å². The fraction of sp³-hybridized carbons (Fsp3) is 0.300. The van der Waals surface area contributed by atoms with Gasteiger partial charge in [-0.15, -0.1) is 0 Å². The Bertz CT molecular complexity index is 708. The van der Waals surface area contributed by atoms with Crippen molar-refractivity contribution in [3.8, 4) is 5.75 Å². The van der Waals surface area contributed by atoms with Gasteiger partial charge in [0.1, 0.15) is 12.4 Å². The smallest absolute Gasteiger partial charge is 0.335 e. The molecule has 0 aliphatic heterocycles. The van der Waals surface area contributed by atoms with E-state index in [9.17, 15) is 4.79 Å². The lowest BCUT2D eigenvalue weighted by Crippen LogP contribution is -2.27. The van der Waals surface area contributed by atoms with Crippen molar-refractivity contribution >= 4 is 17.9 Å². The van der Waals surface area contributed by atoms with Crippen LogP contribution in [0.3, 0.4) is 0 Å². The third-order valence-electron chi connectivity index (χ3n) is 3.99. The van der Waals surface area contributed by atoms with Gasteiger partial charge >= 0.3 is 5.97 Å². The number of likely N-dealkylation sites (N-methyl/N-ethyl adjacent to an activating group) is 1. The Morgan fingerprint density at radius 2 is 1.77 bits per heavy atom. The maximum atomic E-state index is 10.8. The first-order chi connectivity index (χ1) is 12.6. The lowest BCUT2D eigenvalue weighted by molar-refractivity contribution is 0.0697. The van der Waals surface area contributed by atoms with Crippen LogP contribution in [0.5, 0.6) is 5.75 Å². The number of anilines is 1. The molecular weight excluding hydrogens is 330 g/mol. The Hall–Kier alpha value is -2.86. The van der Waals surface area contributed by atoms with Crippen LogP contribution in [0, 0.1) is 0 Å². The molecule has 2 rings (SSSR count). The lowest BCUT2D eigenvalue weighted by Gasteiger charge is -2.17. The molecule has 26 heavy (non-hydrogen) atoms. The number of carboxylic acids is 1. The molecule has 0 unspecified atom stereocenters. The first-order valence-electron chi connectivity index (χ1n) is 8.70. The Kier molecular flexibility index (Phi) is 7.64. The van der Waals surface area contributed by atoms with Crippen LogP contribution >= 0.6 is 0 Å². The number of hydrazone groups is 1. The molecule has 6 nitrogen and oxygen atoms in total. The van der Waals surface area contributed by atoms with Crippen molar-refractivity contribution < 1.29 is 14.6 Å². The van der Waals surface area contributed by atoms with Crippen molar-refractivity contribution in [3.63, 3.8) is 0 Å². The molecule has 0 aliphatic rings. The molecule has 2 aromatic carbocycles. The molecule has 2 N–H and O–H groups in total. The summed E-state index contributed by atoms with van der Waals surface area (Å²) in [6.45, 7) is 7.94. The largest absolute Gasteiger partial charge is 0.492 e. The summed E-state index contributed by atoms with van der Waals surface area (Å²) in [5.74, 6) is -0.106. The molecule has 0 heterocycles. The van der Waals surface area contributed by atoms with Crippen molar-refractivity contribution in [1.29, 1.82) is 0 Å². The van der Waals surface area contributed by atoms with Gasteiger partial charge in [0, 0.05) is 6.54 Å². The molecule has 0 atom stereocenters. The highest BCUT2D eigenvalue weighted by Crippen LogP contribution is 2.12. The van der Waals surface area contributed by atoms with E-state index in [2.05, 4.69) is 29.3 Å². The van der Waals surface area contributed by atoms with Crippen LogP contribution in [0.1, 0.15) is 29.8 Å². The van der Waals surface area contributed by atoms with Gasteiger partial charge in [0.05, 0.1) is 17.5 Å². The van der Waals surface area contributed by atoms with Gasteiger partial charge in [0.25, 0.3) is 0 Å². The van der Waals surface area contributed by atoms with E-state index < -0.39 is 5.97 Å². The quantitative estimate of drug-likeness (QED) is 0.504. The van der Waals surface area contributed by atoms with Crippen LogP contribution < -0.4 is 10.2 Å². The van der Waals surface area contributed by atoms with Crippen LogP contribution in [-0.2, 0) is 0 Å². The summed E-state index contributed by atoms with van der Waals surface area (Å²) in [5, 5.41) is 13.0. The fourth-order valence-corrected chi connectivity index (χ4v) is 2.35. The van der Waals surface area contributed by atoms with Crippen LogP contribution in [0.4, 0.5) is 5.69 Å². The number of rotatable bonds is 10. The standard InChI is InChI=1S/C20H25N3O3/c1-3-23(4-2)13-14-26-19-11-5-16(6-12-19)15-21-22-18-9-7-17(8-10-18)20(24)25/h5-12,15,22H,3-4,13-14H2,1-2H3,(H,24,25)/b21-15+. The number of nitrogens with zero attached hydrogens (tertiary/aromatic N) is 2. The topological polar surface area (TPSA) is 74.2 Å². The zero-order valence-electron chi connectivity index (χ0n) is 15.2. The molecule has 0 spiro atoms. The highest BCUT2D eigenvalue weighted by atomic mass is 16.5. The van der Waals surface area contributed by atoms with Crippen molar-refractivity contribution in [2.45, 2.75) is 13.8 Å². The van der Waals surface area contributed by atoms with E-state index in [1.165, 1.54) is 12.1 Å². The summed E-state index contributed by atoms with van der Waals surface area (Å²) in [6, 6.07) is 14.1. The first kappa shape index (κ1) is 19.5. The number of ether oxygens (including phenoxy) is 1. The van der Waals surface area contributed by atoms with E-state index in [1.54, 1.807) is 18.3 Å². The second-order valence-corrected chi connectivity index (χ2v) is 5.70. The van der Waals surface area contributed by atoms with E-state index >= 15 is 0 Å². The van der Waals surface area contributed by atoms with Gasteiger partial charge in [0.15, 0.2) is 0 Å². The number of hydrogen-bond acceptors (Lipinski definition) is 5. The fourth-order valence-electron chi connectivity index (χ4n) is 2.35. The molecule has 6 heteroatoms. The van der Waals surface area contributed by atoms with Crippen LogP contribution in [0.2, 0.25) is 0 Å². The minimum Gasteiger partial charge on any atom is -0.492 e. The zero-order chi connectivity index (χ0) is 18.8. The molecule has 0 saturated carbocycles. The maximum Gasteiger partial charge on any atom is 0.335 e. The van der Waals surface area contributed by atoms with Gasteiger partial charge < -0.3 is 14.7 Å². The third-order valence-corrected chi connectivity index (χ3v) is 3.99. The summed E-state index contributed by atoms with van der Waals surface area (Å²) in [6.07, 6.45) is 1.70. The van der Waals surface area contributed by atoms with Crippen LogP contribution in [-0.4, -0.2) is 48.4 Å². The summed E-state index contributed by atoms with van der Waals surface area (Å²) in [5.41, 5.74) is 4.78. The highest BCUT2D eigenvalue weighted by Gasteiger charge is 2.01. The SMILES string of the molecule is CCN(CC)CCOc1ccc(/C=N/Nc2ccc(C(=O)O)cc2)cc1. The predicted molar refractivity (Wildman–Crippen MR) is 104 cm³/mol. The van der Waals surface area contributed by atoms with Gasteiger partial charge in [-0.1, -0.05) is 13.8 Å². The normalized spacial score (nSPS) is 11.0. The van der Waals surface area contributed by atoms with E-state index in [4.69, 9.17) is 9.84 Å². The first-order valence-corrected chi connectivity index (χ1v) is 8.70. The molecule has 2 aromatic rings. The zero-order valence-corrected chi connectivity index (χ0v) is 15.2. The lowest BCUT2D eigenvalue weighted by atomic mass is 10.2. The summed E-state index contributed by atoms with van der Waals surface area (Å²) in [7, 11) is 0. The maximum absolute atomic E-state index is 10.8. The van der Waals surface area contributed by atoms with E-state index in [0.717, 1.165) is 36.6 Å². The Balaban J connectivity index is 1.80. The Morgan fingerprint density at radius 1 is 1.12 bits per heavy atom. The average molecular weight is 355 g/mol. The molecule has 0 radical (unpaired) electrons. The third kappa shape index (κ3) is 6.22. The van der Waals surface area contributed by atoms with Crippen molar-refractivity contribution in [1.82, 2.24) is 4.90 Å². The second-order valence-electron chi connectivity index (χ2n) is 5.70. The Labute approximate surface area is 154 Å². The average Bonchev–Trinajstić information content (AvgIpc) is 2.67.